The van der Waals surface area contributed by atoms with Gasteiger partial charge in [-0.3, -0.25) is 0 Å². The number of hydrogen-bond donors (Lipinski definition) is 0. The molecular formula is C42H28BN. The van der Waals surface area contributed by atoms with Crippen LogP contribution in [0.25, 0.3) is 60.9 Å². The average Bonchev–Trinajstić information content (AvgIpc) is 3.45. The standard InChI is InChI=1S/C42H28BN/c1-4-15-29(16-5-1)32-27-35(30-17-6-2-7-18-30)41(36(28-32)31-19-8-3-9-20-31)43-37-23-11-13-26-40(37)44-39-25-12-10-21-33(39)34-22-14-24-38(43)42(34)44/h1-28H. The van der Waals surface area contributed by atoms with Crippen LogP contribution in [0.4, 0.5) is 0 Å². The number of para-hydroxylation sites is 3. The summed E-state index contributed by atoms with van der Waals surface area (Å²) in [4.78, 5) is 0. The van der Waals surface area contributed by atoms with E-state index >= 15 is 0 Å². The summed E-state index contributed by atoms with van der Waals surface area (Å²) in [7, 11) is 0. The SMILES string of the molecule is c1ccc(-c2cc(-c3ccccc3)c(B3c4ccccc4-n4c5ccccc5c5cccc3c54)c(-c3ccccc3)c2)cc1. The molecule has 0 aliphatic carbocycles. The van der Waals surface area contributed by atoms with Crippen molar-refractivity contribution in [2.75, 3.05) is 0 Å². The summed E-state index contributed by atoms with van der Waals surface area (Å²) < 4.78 is 2.49. The van der Waals surface area contributed by atoms with Gasteiger partial charge in [0.1, 0.15) is 0 Å². The fourth-order valence-corrected chi connectivity index (χ4v) is 7.42. The smallest absolute Gasteiger partial charge is 0.248 e. The molecule has 2 heteroatoms. The molecule has 0 N–H and O–H groups in total. The second-order valence-electron chi connectivity index (χ2n) is 11.7. The molecule has 2 heterocycles. The molecule has 1 aliphatic rings. The van der Waals surface area contributed by atoms with E-state index in [2.05, 4.69) is 174 Å². The highest BCUT2D eigenvalue weighted by molar-refractivity contribution is 6.99. The average molecular weight is 558 g/mol. The number of rotatable bonds is 4. The lowest BCUT2D eigenvalue weighted by Crippen LogP contribution is -2.57. The van der Waals surface area contributed by atoms with Gasteiger partial charge in [0.05, 0.1) is 5.52 Å². The summed E-state index contributed by atoms with van der Waals surface area (Å²) in [6.07, 6.45) is 0. The fourth-order valence-electron chi connectivity index (χ4n) is 7.42. The van der Waals surface area contributed by atoms with Crippen LogP contribution >= 0.6 is 0 Å². The second-order valence-corrected chi connectivity index (χ2v) is 11.7. The first-order valence-corrected chi connectivity index (χ1v) is 15.3. The fraction of sp³-hybridized carbons (Fsp3) is 0. The Hall–Kier alpha value is -5.60. The quantitative estimate of drug-likeness (QED) is 0.191. The van der Waals surface area contributed by atoms with Gasteiger partial charge in [0.15, 0.2) is 0 Å². The van der Waals surface area contributed by atoms with E-state index in [0.717, 1.165) is 0 Å². The molecule has 0 radical (unpaired) electrons. The molecule has 7 aromatic carbocycles. The van der Waals surface area contributed by atoms with E-state index in [1.165, 1.54) is 77.3 Å². The van der Waals surface area contributed by atoms with Crippen LogP contribution in [-0.4, -0.2) is 11.3 Å². The normalized spacial score (nSPS) is 12.0. The zero-order chi connectivity index (χ0) is 29.0. The Bertz CT molecular complexity index is 2260. The maximum atomic E-state index is 2.49. The van der Waals surface area contributed by atoms with Gasteiger partial charge in [-0.2, -0.15) is 0 Å². The summed E-state index contributed by atoms with van der Waals surface area (Å²) >= 11 is 0. The summed E-state index contributed by atoms with van der Waals surface area (Å²) in [5.74, 6) is 0. The van der Waals surface area contributed by atoms with Gasteiger partial charge in [-0.15, -0.1) is 0 Å². The Morgan fingerprint density at radius 2 is 0.909 bits per heavy atom. The predicted molar refractivity (Wildman–Crippen MR) is 188 cm³/mol. The van der Waals surface area contributed by atoms with Crippen LogP contribution in [0.2, 0.25) is 0 Å². The molecule has 0 fully saturated rings. The van der Waals surface area contributed by atoms with Crippen LogP contribution in [0.15, 0.2) is 170 Å². The van der Waals surface area contributed by atoms with E-state index in [1.54, 1.807) is 0 Å². The lowest BCUT2D eigenvalue weighted by molar-refractivity contribution is 1.19. The number of fused-ring (bicyclic) bond motifs is 5. The predicted octanol–water partition coefficient (Wildman–Crippen LogP) is 8.61. The largest absolute Gasteiger partial charge is 0.310 e. The highest BCUT2D eigenvalue weighted by Gasteiger charge is 2.36. The summed E-state index contributed by atoms with van der Waals surface area (Å²) in [6, 6.07) is 62.2. The third-order valence-corrected chi connectivity index (χ3v) is 9.27. The molecule has 0 saturated carbocycles. The lowest BCUT2D eigenvalue weighted by Gasteiger charge is -2.30. The zero-order valence-corrected chi connectivity index (χ0v) is 24.2. The molecule has 0 saturated heterocycles. The molecule has 0 amide bonds. The molecule has 204 valence electrons. The number of benzene rings is 7. The van der Waals surface area contributed by atoms with Gasteiger partial charge >= 0.3 is 0 Å². The van der Waals surface area contributed by atoms with Crippen molar-refractivity contribution >= 4 is 44.9 Å². The number of nitrogens with zero attached hydrogens (tertiary/aromatic N) is 1. The van der Waals surface area contributed by atoms with Crippen LogP contribution in [0.3, 0.4) is 0 Å². The van der Waals surface area contributed by atoms with Gasteiger partial charge in [0.25, 0.3) is 0 Å². The van der Waals surface area contributed by atoms with Crippen LogP contribution in [0, 0.1) is 0 Å². The Morgan fingerprint density at radius 1 is 0.386 bits per heavy atom. The monoisotopic (exact) mass is 557 g/mol. The van der Waals surface area contributed by atoms with Crippen molar-refractivity contribution in [2.45, 2.75) is 0 Å². The van der Waals surface area contributed by atoms with Gasteiger partial charge in [0.2, 0.25) is 6.71 Å². The lowest BCUT2D eigenvalue weighted by atomic mass is 9.33. The van der Waals surface area contributed by atoms with E-state index < -0.39 is 0 Å². The molecular weight excluding hydrogens is 529 g/mol. The van der Waals surface area contributed by atoms with Gasteiger partial charge in [-0.25, -0.2) is 0 Å². The summed E-state index contributed by atoms with van der Waals surface area (Å²) in [5, 5.41) is 2.60. The van der Waals surface area contributed by atoms with Crippen molar-refractivity contribution in [3.8, 4) is 39.1 Å². The second kappa shape index (κ2) is 10.0. The van der Waals surface area contributed by atoms with E-state index in [0.29, 0.717) is 0 Å². The molecule has 0 unspecified atom stereocenters. The maximum absolute atomic E-state index is 2.49. The molecule has 0 bridgehead atoms. The third kappa shape index (κ3) is 3.74. The van der Waals surface area contributed by atoms with Crippen LogP contribution in [-0.2, 0) is 0 Å². The first-order chi connectivity index (χ1) is 21.9. The topological polar surface area (TPSA) is 4.93 Å². The molecule has 1 aliphatic heterocycles. The van der Waals surface area contributed by atoms with Gasteiger partial charge in [-0.05, 0) is 68.6 Å². The van der Waals surface area contributed by atoms with E-state index in [4.69, 9.17) is 0 Å². The van der Waals surface area contributed by atoms with E-state index in [-0.39, 0.29) is 6.71 Å². The Balaban J connectivity index is 1.46. The summed E-state index contributed by atoms with van der Waals surface area (Å²) in [6.45, 7) is 0.0435. The Morgan fingerprint density at radius 3 is 1.59 bits per heavy atom. The molecule has 44 heavy (non-hydrogen) atoms. The van der Waals surface area contributed by atoms with Gasteiger partial charge < -0.3 is 4.57 Å². The Labute approximate surface area is 257 Å². The maximum Gasteiger partial charge on any atom is 0.248 e. The van der Waals surface area contributed by atoms with Gasteiger partial charge in [-0.1, -0.05) is 151 Å². The van der Waals surface area contributed by atoms with Crippen LogP contribution < -0.4 is 16.4 Å². The molecule has 1 aromatic heterocycles. The van der Waals surface area contributed by atoms with Crippen molar-refractivity contribution in [1.82, 2.24) is 4.57 Å². The van der Waals surface area contributed by atoms with Crippen molar-refractivity contribution < 1.29 is 0 Å². The van der Waals surface area contributed by atoms with Crippen molar-refractivity contribution in [2.24, 2.45) is 0 Å². The molecule has 8 aromatic rings. The van der Waals surface area contributed by atoms with Crippen molar-refractivity contribution in [1.29, 1.82) is 0 Å². The van der Waals surface area contributed by atoms with Crippen molar-refractivity contribution in [3.63, 3.8) is 0 Å². The molecule has 0 spiro atoms. The molecule has 9 rings (SSSR count). The third-order valence-electron chi connectivity index (χ3n) is 9.27. The van der Waals surface area contributed by atoms with Crippen molar-refractivity contribution in [3.05, 3.63) is 170 Å². The van der Waals surface area contributed by atoms with Crippen LogP contribution in [0.1, 0.15) is 0 Å². The first kappa shape index (κ1) is 25.0. The number of aromatic nitrogens is 1. The van der Waals surface area contributed by atoms with Gasteiger partial charge in [0, 0.05) is 22.0 Å². The minimum Gasteiger partial charge on any atom is -0.310 e. The number of hydrogen-bond acceptors (Lipinski definition) is 0. The van der Waals surface area contributed by atoms with E-state index in [9.17, 15) is 0 Å². The minimum atomic E-state index is 0.0435. The summed E-state index contributed by atoms with van der Waals surface area (Å²) in [5.41, 5.74) is 15.3. The zero-order valence-electron chi connectivity index (χ0n) is 24.2. The van der Waals surface area contributed by atoms with E-state index in [1.807, 2.05) is 0 Å². The highest BCUT2D eigenvalue weighted by atomic mass is 15.0. The first-order valence-electron chi connectivity index (χ1n) is 15.3. The highest BCUT2D eigenvalue weighted by Crippen LogP contribution is 2.36. The molecule has 1 nitrogen and oxygen atoms in total. The minimum absolute atomic E-state index is 0.0435. The van der Waals surface area contributed by atoms with Crippen LogP contribution in [0.5, 0.6) is 0 Å². The Kier molecular flexibility index (Phi) is 5.67. The molecule has 0 atom stereocenters.